The molecule has 0 N–H and O–H groups in total. The summed E-state index contributed by atoms with van der Waals surface area (Å²) in [6.07, 6.45) is 0. The van der Waals surface area contributed by atoms with Gasteiger partial charge >= 0.3 is 0 Å². The van der Waals surface area contributed by atoms with Crippen molar-refractivity contribution in [1.29, 1.82) is 0 Å². The molecule has 0 aromatic rings. The van der Waals surface area contributed by atoms with Crippen LogP contribution in [0.3, 0.4) is 0 Å². The van der Waals surface area contributed by atoms with Gasteiger partial charge in [0.25, 0.3) is 0 Å². The summed E-state index contributed by atoms with van der Waals surface area (Å²) in [5, 5.41) is 0. The topological polar surface area (TPSA) is 0 Å². The van der Waals surface area contributed by atoms with Crippen LogP contribution in [0.4, 0.5) is 0 Å². The van der Waals surface area contributed by atoms with Crippen molar-refractivity contribution in [3.05, 3.63) is 0 Å². The molecule has 0 amide bonds. The predicted octanol–water partition coefficient (Wildman–Crippen LogP) is -0.769. The standard InChI is InChI=1S/Cu.Mg.Mn.Sn.Zn. The molecule has 0 aliphatic carbocycles. The summed E-state index contributed by atoms with van der Waals surface area (Å²) in [5.41, 5.74) is 0. The monoisotopic (exact) mass is 326 g/mol. The van der Waals surface area contributed by atoms with Crippen molar-refractivity contribution in [3.8, 4) is 0 Å². The second kappa shape index (κ2) is 26.9. The zero-order valence-corrected chi connectivity index (χ0v) is 12.0. The molecular formula is CuMgMnSnZn. The van der Waals surface area contributed by atoms with Gasteiger partial charge in [0, 0.05) is 101 Å². The molecule has 0 saturated heterocycles. The SMILES string of the molecule is [Cu].[Mg].[Mn].[Sn].[Zn]. The van der Waals surface area contributed by atoms with Crippen LogP contribution in [0.1, 0.15) is 0 Å². The molecular weight excluding hydrogens is 327 g/mol. The van der Waals surface area contributed by atoms with Crippen LogP contribution in [0.15, 0.2) is 0 Å². The van der Waals surface area contributed by atoms with Crippen molar-refractivity contribution in [1.82, 2.24) is 0 Å². The minimum atomic E-state index is 0. The van der Waals surface area contributed by atoms with E-state index in [1.807, 2.05) is 0 Å². The molecule has 26 valence electrons. The van der Waals surface area contributed by atoms with Gasteiger partial charge in [0.05, 0.1) is 0 Å². The number of rotatable bonds is 0. The Bertz CT molecular complexity index is 11.6. The van der Waals surface area contributed by atoms with Gasteiger partial charge in [0.2, 0.25) is 0 Å². The van der Waals surface area contributed by atoms with Crippen LogP contribution in [0.25, 0.3) is 0 Å². The first-order valence-electron chi connectivity index (χ1n) is 0. The Morgan fingerprint density at radius 3 is 1.00 bits per heavy atom. The van der Waals surface area contributed by atoms with Crippen molar-refractivity contribution < 1.29 is 53.6 Å². The molecule has 0 heterocycles. The van der Waals surface area contributed by atoms with E-state index in [2.05, 4.69) is 0 Å². The van der Waals surface area contributed by atoms with E-state index in [1.165, 1.54) is 0 Å². The van der Waals surface area contributed by atoms with Crippen LogP contribution in [-0.2, 0) is 53.6 Å². The Labute approximate surface area is 98.8 Å². The Morgan fingerprint density at radius 1 is 1.00 bits per heavy atom. The average Bonchev–Trinajstić information content (AvgIpc) is 0. The van der Waals surface area contributed by atoms with Crippen molar-refractivity contribution in [2.24, 2.45) is 0 Å². The van der Waals surface area contributed by atoms with Crippen LogP contribution in [0.2, 0.25) is 0 Å². The quantitative estimate of drug-likeness (QED) is 0.513. The molecule has 5 heteroatoms. The van der Waals surface area contributed by atoms with Gasteiger partial charge < -0.3 is 0 Å². The van der Waals surface area contributed by atoms with E-state index < -0.39 is 0 Å². The fourth-order valence-electron chi connectivity index (χ4n) is 0. The van der Waals surface area contributed by atoms with E-state index in [4.69, 9.17) is 0 Å². The molecule has 0 bridgehead atoms. The molecule has 0 fully saturated rings. The Kier molecular flexibility index (Phi) is 222. The summed E-state index contributed by atoms with van der Waals surface area (Å²) in [7, 11) is 0. The molecule has 0 aromatic carbocycles. The summed E-state index contributed by atoms with van der Waals surface area (Å²) >= 11 is 0. The van der Waals surface area contributed by atoms with E-state index >= 15 is 0 Å². The van der Waals surface area contributed by atoms with Crippen LogP contribution in [0, 0.1) is 0 Å². The maximum Gasteiger partial charge on any atom is 0 e. The van der Waals surface area contributed by atoms with Crippen LogP contribution < -0.4 is 0 Å². The van der Waals surface area contributed by atoms with Gasteiger partial charge in [-0.3, -0.25) is 0 Å². The van der Waals surface area contributed by atoms with Gasteiger partial charge in [-0.05, 0) is 0 Å². The zero-order chi connectivity index (χ0) is 0. The molecule has 0 aromatic heterocycles. The van der Waals surface area contributed by atoms with Gasteiger partial charge in [-0.15, -0.1) is 0 Å². The fourth-order valence-corrected chi connectivity index (χ4v) is 0. The molecule has 5 heavy (non-hydrogen) atoms. The van der Waals surface area contributed by atoms with Crippen molar-refractivity contribution >= 4 is 47.0 Å². The van der Waals surface area contributed by atoms with E-state index in [0.717, 1.165) is 0 Å². The number of hydrogen-bond acceptors (Lipinski definition) is 0. The van der Waals surface area contributed by atoms with Gasteiger partial charge in [0.1, 0.15) is 0 Å². The third-order valence-electron chi connectivity index (χ3n) is 0. The van der Waals surface area contributed by atoms with Crippen molar-refractivity contribution in [2.45, 2.75) is 0 Å². The largest absolute Gasteiger partial charge is 0 e. The van der Waals surface area contributed by atoms with Crippen LogP contribution in [-0.4, -0.2) is 47.0 Å². The zero-order valence-electron chi connectivity index (χ0n) is 2.59. The molecule has 0 saturated carbocycles. The Morgan fingerprint density at radius 2 is 1.00 bits per heavy atom. The molecule has 8 radical (unpaired) electrons. The summed E-state index contributed by atoms with van der Waals surface area (Å²) in [6, 6.07) is 0. The summed E-state index contributed by atoms with van der Waals surface area (Å²) in [4.78, 5) is 0. The van der Waals surface area contributed by atoms with Gasteiger partial charge in [0.15, 0.2) is 0 Å². The molecule has 0 spiro atoms. The Balaban J connectivity index is 0. The third kappa shape index (κ3) is 19.0. The Hall–Kier alpha value is 3.23. The maximum absolute atomic E-state index is 0. The summed E-state index contributed by atoms with van der Waals surface area (Å²) < 4.78 is 0. The molecule has 0 aliphatic heterocycles. The van der Waals surface area contributed by atoms with Crippen LogP contribution >= 0.6 is 0 Å². The summed E-state index contributed by atoms with van der Waals surface area (Å²) in [5.74, 6) is 0. The molecule has 0 aliphatic rings. The van der Waals surface area contributed by atoms with Gasteiger partial charge in [-0.2, -0.15) is 0 Å². The maximum atomic E-state index is 0. The second-order valence-electron chi connectivity index (χ2n) is 0. The van der Waals surface area contributed by atoms with Crippen molar-refractivity contribution in [2.75, 3.05) is 0 Å². The smallest absolute Gasteiger partial charge is 0 e. The molecule has 0 nitrogen and oxygen atoms in total. The fraction of sp³-hybridized carbons (Fsp3) is 0. The van der Waals surface area contributed by atoms with Gasteiger partial charge in [-0.1, -0.05) is 0 Å². The minimum absolute atomic E-state index is 0. The molecule has 0 unspecified atom stereocenters. The molecule has 0 rings (SSSR count). The normalized spacial score (nSPS) is 0. The molecule has 0 atom stereocenters. The first-order chi connectivity index (χ1) is 0. The van der Waals surface area contributed by atoms with Gasteiger partial charge in [-0.25, -0.2) is 0 Å². The average molecular weight is 327 g/mol. The van der Waals surface area contributed by atoms with E-state index in [-0.39, 0.29) is 101 Å². The minimum Gasteiger partial charge on any atom is 0 e. The van der Waals surface area contributed by atoms with E-state index in [1.54, 1.807) is 0 Å². The third-order valence-corrected chi connectivity index (χ3v) is 0. The second-order valence-corrected chi connectivity index (χ2v) is 0. The number of hydrogen-bond donors (Lipinski definition) is 0. The predicted molar refractivity (Wildman–Crippen MR) is 11.5 cm³/mol. The van der Waals surface area contributed by atoms with Crippen molar-refractivity contribution in [3.63, 3.8) is 0 Å². The summed E-state index contributed by atoms with van der Waals surface area (Å²) in [6.45, 7) is 0. The van der Waals surface area contributed by atoms with E-state index in [0.29, 0.717) is 0 Å². The van der Waals surface area contributed by atoms with E-state index in [9.17, 15) is 0 Å². The first-order valence-corrected chi connectivity index (χ1v) is 0. The van der Waals surface area contributed by atoms with Crippen LogP contribution in [0.5, 0.6) is 0 Å². The first kappa shape index (κ1) is 41.3.